The quantitative estimate of drug-likeness (QED) is 0.628. The van der Waals surface area contributed by atoms with Crippen LogP contribution in [0.2, 0.25) is 0 Å². The number of nitrogens with zero attached hydrogens (tertiary/aromatic N) is 6. The van der Waals surface area contributed by atoms with Crippen LogP contribution in [0, 0.1) is 0 Å². The van der Waals surface area contributed by atoms with E-state index in [0.29, 0.717) is 18.9 Å². The Morgan fingerprint density at radius 3 is 2.75 bits per heavy atom. The number of benzene rings is 1. The van der Waals surface area contributed by atoms with Gasteiger partial charge < -0.3 is 4.74 Å². The molecule has 0 spiro atoms. The van der Waals surface area contributed by atoms with Crippen LogP contribution in [0.4, 0.5) is 4.79 Å². The molecule has 1 amide bonds. The summed E-state index contributed by atoms with van der Waals surface area (Å²) in [7, 11) is 0. The Bertz CT molecular complexity index is 899. The number of aromatic nitrogens is 5. The number of carbonyl (C=O) groups excluding carboxylic acids is 1. The van der Waals surface area contributed by atoms with E-state index < -0.39 is 0 Å². The van der Waals surface area contributed by atoms with Crippen LogP contribution >= 0.6 is 0 Å². The van der Waals surface area contributed by atoms with Crippen molar-refractivity contribution in [1.29, 1.82) is 0 Å². The second-order valence-corrected chi connectivity index (χ2v) is 6.76. The van der Waals surface area contributed by atoms with Crippen molar-refractivity contribution in [3.05, 3.63) is 71.8 Å². The molecule has 1 fully saturated rings. The van der Waals surface area contributed by atoms with Crippen molar-refractivity contribution >= 4 is 6.09 Å². The van der Waals surface area contributed by atoms with E-state index in [-0.39, 0.29) is 18.7 Å². The van der Waals surface area contributed by atoms with Crippen molar-refractivity contribution in [2.24, 2.45) is 0 Å². The molecule has 2 aromatic heterocycles. The molecule has 8 heteroatoms. The summed E-state index contributed by atoms with van der Waals surface area (Å²) in [5.41, 5.74) is 2.15. The van der Waals surface area contributed by atoms with Crippen molar-refractivity contribution < 1.29 is 9.53 Å². The first-order chi connectivity index (χ1) is 13.8. The number of rotatable bonds is 7. The smallest absolute Gasteiger partial charge is 0.410 e. The molecule has 28 heavy (non-hydrogen) atoms. The standard InChI is InChI=1S/C20H22N6O2/c27-20(28-15-17-6-2-1-3-7-17)25-13-10-18(25)19-22-23-24-26(19)12-5-9-16-8-4-11-21-14-16/h1-4,6-8,11,14,18H,5,9-10,12-13,15H2/t18-/m0/s1. The number of ether oxygens (including phenoxy) is 1. The second-order valence-electron chi connectivity index (χ2n) is 6.76. The number of likely N-dealkylation sites (tertiary alicyclic amines) is 1. The zero-order valence-electron chi connectivity index (χ0n) is 15.5. The summed E-state index contributed by atoms with van der Waals surface area (Å²) in [6, 6.07) is 13.5. The third-order valence-electron chi connectivity index (χ3n) is 4.88. The first-order valence-electron chi connectivity index (χ1n) is 9.43. The maximum Gasteiger partial charge on any atom is 0.410 e. The number of aryl methyl sites for hydroxylation is 2. The van der Waals surface area contributed by atoms with Crippen LogP contribution in [0.15, 0.2) is 54.9 Å². The lowest BCUT2D eigenvalue weighted by Crippen LogP contribution is -2.46. The maximum absolute atomic E-state index is 12.4. The van der Waals surface area contributed by atoms with E-state index in [1.54, 1.807) is 15.8 Å². The van der Waals surface area contributed by atoms with Crippen LogP contribution in [0.25, 0.3) is 0 Å². The molecule has 1 aliphatic rings. The Labute approximate surface area is 163 Å². The Hall–Kier alpha value is -3.29. The fourth-order valence-electron chi connectivity index (χ4n) is 3.26. The molecule has 0 aliphatic carbocycles. The molecule has 0 N–H and O–H groups in total. The van der Waals surface area contributed by atoms with Gasteiger partial charge in [0.05, 0.1) is 6.04 Å². The summed E-state index contributed by atoms with van der Waals surface area (Å²) in [6.07, 6.45) is 5.95. The Morgan fingerprint density at radius 1 is 1.14 bits per heavy atom. The first-order valence-corrected chi connectivity index (χ1v) is 9.43. The predicted molar refractivity (Wildman–Crippen MR) is 101 cm³/mol. The van der Waals surface area contributed by atoms with E-state index in [0.717, 1.165) is 24.8 Å². The topological polar surface area (TPSA) is 86.0 Å². The summed E-state index contributed by atoms with van der Waals surface area (Å²) >= 11 is 0. The van der Waals surface area contributed by atoms with Gasteiger partial charge in [0.15, 0.2) is 5.82 Å². The van der Waals surface area contributed by atoms with E-state index in [9.17, 15) is 4.79 Å². The minimum absolute atomic E-state index is 0.128. The molecule has 0 saturated carbocycles. The van der Waals surface area contributed by atoms with E-state index in [1.807, 2.05) is 42.6 Å². The van der Waals surface area contributed by atoms with E-state index in [1.165, 1.54) is 5.56 Å². The van der Waals surface area contributed by atoms with Crippen molar-refractivity contribution in [2.75, 3.05) is 6.54 Å². The third-order valence-corrected chi connectivity index (χ3v) is 4.88. The van der Waals surface area contributed by atoms with Crippen LogP contribution in [-0.2, 0) is 24.3 Å². The SMILES string of the molecule is O=C(OCc1ccccc1)N1CC[C@H]1c1nnnn1CCCc1cccnc1. The number of carbonyl (C=O) groups is 1. The minimum Gasteiger partial charge on any atom is -0.445 e. The van der Waals surface area contributed by atoms with Gasteiger partial charge in [0.25, 0.3) is 0 Å². The lowest BCUT2D eigenvalue weighted by atomic mass is 10.0. The third kappa shape index (κ3) is 4.16. The lowest BCUT2D eigenvalue weighted by molar-refractivity contribution is 0.0387. The van der Waals surface area contributed by atoms with E-state index in [2.05, 4.69) is 26.6 Å². The summed E-state index contributed by atoms with van der Waals surface area (Å²) < 4.78 is 7.23. The highest BCUT2D eigenvalue weighted by atomic mass is 16.6. The van der Waals surface area contributed by atoms with Crippen molar-refractivity contribution in [2.45, 2.75) is 38.5 Å². The Kier molecular flexibility index (Phi) is 5.56. The maximum atomic E-state index is 12.4. The molecule has 4 rings (SSSR count). The van der Waals surface area contributed by atoms with Gasteiger partial charge in [-0.05, 0) is 46.9 Å². The highest BCUT2D eigenvalue weighted by molar-refractivity contribution is 5.69. The van der Waals surface area contributed by atoms with E-state index >= 15 is 0 Å². The molecule has 3 aromatic rings. The zero-order chi connectivity index (χ0) is 19.2. The van der Waals surface area contributed by atoms with Gasteiger partial charge in [-0.2, -0.15) is 0 Å². The highest BCUT2D eigenvalue weighted by Crippen LogP contribution is 2.32. The van der Waals surface area contributed by atoms with Crippen LogP contribution in [0.5, 0.6) is 0 Å². The van der Waals surface area contributed by atoms with Crippen LogP contribution < -0.4 is 0 Å². The van der Waals surface area contributed by atoms with Gasteiger partial charge in [-0.1, -0.05) is 36.4 Å². The van der Waals surface area contributed by atoms with Crippen molar-refractivity contribution in [3.63, 3.8) is 0 Å². The van der Waals surface area contributed by atoms with Gasteiger partial charge in [0.1, 0.15) is 6.61 Å². The average Bonchev–Trinajstić information content (AvgIpc) is 3.15. The highest BCUT2D eigenvalue weighted by Gasteiger charge is 2.38. The van der Waals surface area contributed by atoms with E-state index in [4.69, 9.17) is 4.74 Å². The number of amides is 1. The van der Waals surface area contributed by atoms with Gasteiger partial charge in [0, 0.05) is 25.5 Å². The Balaban J connectivity index is 1.32. The molecular formula is C20H22N6O2. The fraction of sp³-hybridized carbons (Fsp3) is 0.350. The summed E-state index contributed by atoms with van der Waals surface area (Å²) in [4.78, 5) is 18.3. The van der Waals surface area contributed by atoms with Crippen LogP contribution in [0.3, 0.4) is 0 Å². The predicted octanol–water partition coefficient (Wildman–Crippen LogP) is 2.78. The number of hydrogen-bond acceptors (Lipinski definition) is 6. The molecule has 1 aliphatic heterocycles. The zero-order valence-corrected chi connectivity index (χ0v) is 15.5. The van der Waals surface area contributed by atoms with Gasteiger partial charge in [0.2, 0.25) is 0 Å². The lowest BCUT2D eigenvalue weighted by Gasteiger charge is -2.38. The normalized spacial score (nSPS) is 15.9. The number of tetrazole rings is 1. The van der Waals surface area contributed by atoms with Gasteiger partial charge in [-0.3, -0.25) is 9.88 Å². The molecular weight excluding hydrogens is 356 g/mol. The fourth-order valence-corrected chi connectivity index (χ4v) is 3.26. The van der Waals surface area contributed by atoms with Gasteiger partial charge in [-0.25, -0.2) is 9.48 Å². The van der Waals surface area contributed by atoms with Crippen LogP contribution in [-0.4, -0.2) is 42.7 Å². The summed E-state index contributed by atoms with van der Waals surface area (Å²) in [6.45, 7) is 1.61. The number of pyridine rings is 1. The first kappa shape index (κ1) is 18.1. The molecule has 3 heterocycles. The average molecular weight is 378 g/mol. The van der Waals surface area contributed by atoms with Crippen molar-refractivity contribution in [1.82, 2.24) is 30.1 Å². The molecule has 0 unspecified atom stereocenters. The van der Waals surface area contributed by atoms with Crippen LogP contribution in [0.1, 0.15) is 35.8 Å². The van der Waals surface area contributed by atoms with Gasteiger partial charge >= 0.3 is 6.09 Å². The molecule has 1 saturated heterocycles. The monoisotopic (exact) mass is 378 g/mol. The Morgan fingerprint density at radius 2 is 2.00 bits per heavy atom. The van der Waals surface area contributed by atoms with Gasteiger partial charge in [-0.15, -0.1) is 5.10 Å². The summed E-state index contributed by atoms with van der Waals surface area (Å²) in [5, 5.41) is 12.1. The molecule has 0 radical (unpaired) electrons. The number of hydrogen-bond donors (Lipinski definition) is 0. The molecule has 1 aromatic carbocycles. The largest absolute Gasteiger partial charge is 0.445 e. The molecule has 8 nitrogen and oxygen atoms in total. The summed E-state index contributed by atoms with van der Waals surface area (Å²) in [5.74, 6) is 0.717. The van der Waals surface area contributed by atoms with Crippen molar-refractivity contribution in [3.8, 4) is 0 Å². The minimum atomic E-state index is -0.329. The second kappa shape index (κ2) is 8.60. The molecule has 144 valence electrons. The molecule has 1 atom stereocenters. The molecule has 0 bridgehead atoms.